The Kier molecular flexibility index (Phi) is 4.21. The van der Waals surface area contributed by atoms with Crippen LogP contribution in [-0.4, -0.2) is 37.2 Å². The highest BCUT2D eigenvalue weighted by Gasteiger charge is 2.44. The molecule has 0 aliphatic carbocycles. The van der Waals surface area contributed by atoms with Crippen LogP contribution in [0.2, 0.25) is 0 Å². The number of carbonyl (C=O) groups is 1. The molecule has 27 heavy (non-hydrogen) atoms. The standard InChI is InChI=1S/C19H21N3O4S/c20-15-3-1-2-13(10-15)14-4-5-18-16(11-14)17(23)12-19(26-18)6-8-22(9-7-19)27(21,24)25/h1-5,10-11H,6-9,12,20H2,(H2,21,24,25). The second-order valence-corrected chi connectivity index (χ2v) is 8.71. The Labute approximate surface area is 158 Å². The number of hydrogen-bond acceptors (Lipinski definition) is 5. The van der Waals surface area contributed by atoms with E-state index in [2.05, 4.69) is 0 Å². The summed E-state index contributed by atoms with van der Waals surface area (Å²) in [7, 11) is -3.71. The molecule has 1 spiro atoms. The zero-order chi connectivity index (χ0) is 19.2. The highest BCUT2D eigenvalue weighted by molar-refractivity contribution is 7.86. The van der Waals surface area contributed by atoms with Crippen molar-refractivity contribution < 1.29 is 17.9 Å². The summed E-state index contributed by atoms with van der Waals surface area (Å²) in [6, 6.07) is 13.0. The summed E-state index contributed by atoms with van der Waals surface area (Å²) in [4.78, 5) is 12.8. The molecule has 4 rings (SSSR count). The van der Waals surface area contributed by atoms with Gasteiger partial charge in [0, 0.05) is 31.6 Å². The number of anilines is 1. The van der Waals surface area contributed by atoms with E-state index in [9.17, 15) is 13.2 Å². The first-order valence-corrected chi connectivity index (χ1v) is 10.3. The number of rotatable bonds is 2. The van der Waals surface area contributed by atoms with E-state index < -0.39 is 15.8 Å². The summed E-state index contributed by atoms with van der Waals surface area (Å²) in [5, 5.41) is 5.20. The van der Waals surface area contributed by atoms with E-state index in [4.69, 9.17) is 15.6 Å². The van der Waals surface area contributed by atoms with Gasteiger partial charge in [-0.1, -0.05) is 18.2 Å². The lowest BCUT2D eigenvalue weighted by molar-refractivity contribution is 0.00594. The van der Waals surface area contributed by atoms with Gasteiger partial charge in [-0.15, -0.1) is 0 Å². The number of piperidine rings is 1. The maximum Gasteiger partial charge on any atom is 0.276 e. The number of benzene rings is 2. The van der Waals surface area contributed by atoms with Crippen LogP contribution in [-0.2, 0) is 10.2 Å². The fraction of sp³-hybridized carbons (Fsp3) is 0.316. The van der Waals surface area contributed by atoms with Crippen LogP contribution in [0.4, 0.5) is 5.69 Å². The molecule has 0 bridgehead atoms. The minimum absolute atomic E-state index is 0.00561. The van der Waals surface area contributed by atoms with E-state index in [1.54, 1.807) is 6.07 Å². The van der Waals surface area contributed by atoms with Crippen LogP contribution in [0, 0.1) is 0 Å². The third-order valence-corrected chi connectivity index (χ3v) is 6.39. The van der Waals surface area contributed by atoms with Crippen molar-refractivity contribution >= 4 is 21.7 Å². The van der Waals surface area contributed by atoms with Crippen LogP contribution < -0.4 is 15.6 Å². The first kappa shape index (κ1) is 18.0. The molecule has 2 heterocycles. The minimum atomic E-state index is -3.71. The molecular formula is C19H21N3O4S. The monoisotopic (exact) mass is 387 g/mol. The molecule has 1 saturated heterocycles. The van der Waals surface area contributed by atoms with Gasteiger partial charge in [-0.05, 0) is 35.4 Å². The van der Waals surface area contributed by atoms with E-state index in [0.29, 0.717) is 29.8 Å². The number of carbonyl (C=O) groups excluding carboxylic acids is 1. The largest absolute Gasteiger partial charge is 0.486 e. The SMILES string of the molecule is Nc1cccc(-c2ccc3c(c2)C(=O)CC2(CCN(S(N)(=O)=O)CC2)O3)c1. The molecule has 7 nitrogen and oxygen atoms in total. The van der Waals surface area contributed by atoms with Gasteiger partial charge in [-0.3, -0.25) is 4.79 Å². The number of hydrogen-bond donors (Lipinski definition) is 2. The molecule has 0 unspecified atom stereocenters. The lowest BCUT2D eigenvalue weighted by atomic mass is 9.82. The Hall–Kier alpha value is -2.42. The van der Waals surface area contributed by atoms with Crippen molar-refractivity contribution in [1.82, 2.24) is 4.31 Å². The highest BCUT2D eigenvalue weighted by Crippen LogP contribution is 2.41. The minimum Gasteiger partial charge on any atom is -0.486 e. The highest BCUT2D eigenvalue weighted by atomic mass is 32.2. The fourth-order valence-electron chi connectivity index (χ4n) is 3.82. The normalized spacial score (nSPS) is 19.5. The van der Waals surface area contributed by atoms with Crippen molar-refractivity contribution in [1.29, 1.82) is 0 Å². The Morgan fingerprint density at radius 1 is 1.04 bits per heavy atom. The fourth-order valence-corrected chi connectivity index (χ4v) is 4.51. The molecule has 2 aromatic carbocycles. The summed E-state index contributed by atoms with van der Waals surface area (Å²) >= 11 is 0. The molecule has 2 aliphatic rings. The summed E-state index contributed by atoms with van der Waals surface area (Å²) in [6.07, 6.45) is 1.11. The molecule has 0 saturated carbocycles. The zero-order valence-corrected chi connectivity index (χ0v) is 15.5. The molecule has 0 atom stereocenters. The first-order valence-electron chi connectivity index (χ1n) is 8.76. The summed E-state index contributed by atoms with van der Waals surface area (Å²) < 4.78 is 30.4. The number of Topliss-reactive ketones (excluding diaryl/α,β-unsaturated/α-hetero) is 1. The average molecular weight is 387 g/mol. The predicted molar refractivity (Wildman–Crippen MR) is 103 cm³/mol. The Bertz CT molecular complexity index is 1010. The number of nitrogen functional groups attached to an aromatic ring is 1. The first-order chi connectivity index (χ1) is 12.8. The molecule has 2 aliphatic heterocycles. The van der Waals surface area contributed by atoms with Crippen LogP contribution in [0.5, 0.6) is 5.75 Å². The quantitative estimate of drug-likeness (QED) is 0.764. The molecule has 8 heteroatoms. The van der Waals surface area contributed by atoms with Gasteiger partial charge in [0.25, 0.3) is 10.2 Å². The van der Waals surface area contributed by atoms with E-state index in [0.717, 1.165) is 11.1 Å². The Morgan fingerprint density at radius 2 is 1.74 bits per heavy atom. The summed E-state index contributed by atoms with van der Waals surface area (Å²) in [6.45, 7) is 0.506. The molecule has 1 fully saturated rings. The number of nitrogens with two attached hydrogens (primary N) is 2. The predicted octanol–water partition coefficient (Wildman–Crippen LogP) is 1.94. The molecule has 0 amide bonds. The lowest BCUT2D eigenvalue weighted by Gasteiger charge is -2.43. The molecule has 2 aromatic rings. The Balaban J connectivity index is 1.60. The van der Waals surface area contributed by atoms with Crippen molar-refractivity contribution in [2.45, 2.75) is 24.9 Å². The van der Waals surface area contributed by atoms with Gasteiger partial charge >= 0.3 is 0 Å². The summed E-state index contributed by atoms with van der Waals surface area (Å²) in [5.74, 6) is 0.550. The van der Waals surface area contributed by atoms with Crippen LogP contribution in [0.3, 0.4) is 0 Å². The third-order valence-electron chi connectivity index (χ3n) is 5.30. The molecule has 4 N–H and O–H groups in total. The van der Waals surface area contributed by atoms with Crippen molar-refractivity contribution in [3.8, 4) is 16.9 Å². The van der Waals surface area contributed by atoms with Crippen molar-refractivity contribution in [2.75, 3.05) is 18.8 Å². The number of ketones is 1. The van der Waals surface area contributed by atoms with Gasteiger partial charge in [-0.2, -0.15) is 12.7 Å². The second-order valence-electron chi connectivity index (χ2n) is 7.17. The van der Waals surface area contributed by atoms with Crippen LogP contribution in [0.1, 0.15) is 29.6 Å². The van der Waals surface area contributed by atoms with Gasteiger partial charge < -0.3 is 10.5 Å². The molecular weight excluding hydrogens is 366 g/mol. The van der Waals surface area contributed by atoms with E-state index in [1.807, 2.05) is 36.4 Å². The van der Waals surface area contributed by atoms with E-state index in [-0.39, 0.29) is 25.3 Å². The average Bonchev–Trinajstić information content (AvgIpc) is 2.61. The number of nitrogens with zero attached hydrogens (tertiary/aromatic N) is 1. The van der Waals surface area contributed by atoms with Crippen molar-refractivity contribution in [3.63, 3.8) is 0 Å². The van der Waals surface area contributed by atoms with Crippen molar-refractivity contribution in [3.05, 3.63) is 48.0 Å². The number of fused-ring (bicyclic) bond motifs is 1. The smallest absolute Gasteiger partial charge is 0.276 e. The van der Waals surface area contributed by atoms with Gasteiger partial charge in [-0.25, -0.2) is 5.14 Å². The zero-order valence-electron chi connectivity index (χ0n) is 14.7. The van der Waals surface area contributed by atoms with Crippen LogP contribution in [0.15, 0.2) is 42.5 Å². The van der Waals surface area contributed by atoms with Gasteiger partial charge in [0.05, 0.1) is 12.0 Å². The maximum absolute atomic E-state index is 12.8. The third kappa shape index (κ3) is 3.43. The lowest BCUT2D eigenvalue weighted by Crippen LogP contribution is -2.53. The summed E-state index contributed by atoms with van der Waals surface area (Å²) in [5.41, 5.74) is 8.24. The molecule has 0 aromatic heterocycles. The van der Waals surface area contributed by atoms with Gasteiger partial charge in [0.1, 0.15) is 11.4 Å². The Morgan fingerprint density at radius 3 is 2.41 bits per heavy atom. The van der Waals surface area contributed by atoms with E-state index in [1.165, 1.54) is 4.31 Å². The van der Waals surface area contributed by atoms with Crippen LogP contribution in [0.25, 0.3) is 11.1 Å². The maximum atomic E-state index is 12.8. The van der Waals surface area contributed by atoms with E-state index >= 15 is 0 Å². The number of ether oxygens (including phenoxy) is 1. The molecule has 142 valence electrons. The topological polar surface area (TPSA) is 116 Å². The molecule has 0 radical (unpaired) electrons. The second kappa shape index (κ2) is 6.33. The van der Waals surface area contributed by atoms with Gasteiger partial charge in [0.2, 0.25) is 0 Å². The van der Waals surface area contributed by atoms with Crippen LogP contribution >= 0.6 is 0 Å². The van der Waals surface area contributed by atoms with Crippen molar-refractivity contribution in [2.24, 2.45) is 5.14 Å². The van der Waals surface area contributed by atoms with Gasteiger partial charge in [0.15, 0.2) is 5.78 Å².